The Kier molecular flexibility index (Phi) is 4.47. The van der Waals surface area contributed by atoms with Crippen LogP contribution < -0.4 is 9.46 Å². The van der Waals surface area contributed by atoms with Crippen molar-refractivity contribution in [2.75, 3.05) is 7.11 Å². The number of methoxy groups -OCH3 is 1. The second kappa shape index (κ2) is 5.69. The van der Waals surface area contributed by atoms with Gasteiger partial charge in [-0.1, -0.05) is 5.92 Å². The van der Waals surface area contributed by atoms with Crippen LogP contribution in [-0.2, 0) is 10.0 Å². The number of terminal acetylenes is 1. The minimum absolute atomic E-state index is 0.00215. The molecule has 1 rings (SSSR count). The van der Waals surface area contributed by atoms with Crippen molar-refractivity contribution in [3.63, 3.8) is 0 Å². The molecule has 0 heterocycles. The lowest BCUT2D eigenvalue weighted by Gasteiger charge is -2.12. The van der Waals surface area contributed by atoms with Gasteiger partial charge in [-0.2, -0.15) is 4.72 Å². The number of nitro benzene ring substituents is 1. The molecule has 0 saturated heterocycles. The summed E-state index contributed by atoms with van der Waals surface area (Å²) in [6, 6.07) is 2.55. The van der Waals surface area contributed by atoms with Gasteiger partial charge in [0.15, 0.2) is 0 Å². The maximum absolute atomic E-state index is 12.0. The monoisotopic (exact) mass is 284 g/mol. The topological polar surface area (TPSA) is 98.5 Å². The van der Waals surface area contributed by atoms with Crippen molar-refractivity contribution in [1.82, 2.24) is 4.72 Å². The summed E-state index contributed by atoms with van der Waals surface area (Å²) in [5, 5.41) is 10.7. The molecular weight excluding hydrogens is 272 g/mol. The standard InChI is InChI=1S/C11H12N2O5S/c1-4-8(2)12-19(16,17)11-7-9(13(14)15)5-6-10(11)18-3/h1,5-8,12H,2-3H3. The molecule has 1 N–H and O–H groups in total. The molecule has 0 fully saturated rings. The molecule has 1 aromatic rings. The van der Waals surface area contributed by atoms with Crippen molar-refractivity contribution >= 4 is 15.7 Å². The van der Waals surface area contributed by atoms with Gasteiger partial charge in [-0.15, -0.1) is 6.42 Å². The average Bonchev–Trinajstić information content (AvgIpc) is 2.37. The van der Waals surface area contributed by atoms with E-state index >= 15 is 0 Å². The summed E-state index contributed by atoms with van der Waals surface area (Å²) >= 11 is 0. The number of non-ortho nitro benzene ring substituents is 1. The lowest BCUT2D eigenvalue weighted by molar-refractivity contribution is -0.385. The zero-order valence-electron chi connectivity index (χ0n) is 10.3. The van der Waals surface area contributed by atoms with Gasteiger partial charge in [-0.05, 0) is 13.0 Å². The molecule has 102 valence electrons. The van der Waals surface area contributed by atoms with Crippen LogP contribution in [0.5, 0.6) is 5.75 Å². The summed E-state index contributed by atoms with van der Waals surface area (Å²) in [7, 11) is -2.72. The Balaban J connectivity index is 3.35. The van der Waals surface area contributed by atoms with Crippen LogP contribution in [0.4, 0.5) is 5.69 Å². The van der Waals surface area contributed by atoms with Gasteiger partial charge in [0, 0.05) is 12.1 Å². The molecule has 0 spiro atoms. The third-order valence-corrected chi connectivity index (χ3v) is 3.79. The molecule has 1 aromatic carbocycles. The van der Waals surface area contributed by atoms with Gasteiger partial charge in [-0.25, -0.2) is 8.42 Å². The molecule has 19 heavy (non-hydrogen) atoms. The largest absolute Gasteiger partial charge is 0.495 e. The SMILES string of the molecule is C#CC(C)NS(=O)(=O)c1cc([N+](=O)[O-])ccc1OC. The highest BCUT2D eigenvalue weighted by Crippen LogP contribution is 2.28. The first-order valence-corrected chi connectivity index (χ1v) is 6.61. The van der Waals surface area contributed by atoms with Crippen LogP contribution in [0.2, 0.25) is 0 Å². The molecule has 0 bridgehead atoms. The van der Waals surface area contributed by atoms with Crippen molar-refractivity contribution in [1.29, 1.82) is 0 Å². The lowest BCUT2D eigenvalue weighted by atomic mass is 10.3. The number of nitro groups is 1. The Labute approximate surface area is 110 Å². The number of rotatable bonds is 5. The highest BCUT2D eigenvalue weighted by atomic mass is 32.2. The van der Waals surface area contributed by atoms with Crippen molar-refractivity contribution in [3.8, 4) is 18.1 Å². The van der Waals surface area contributed by atoms with Crippen LogP contribution in [0.15, 0.2) is 23.1 Å². The number of benzene rings is 1. The molecule has 1 atom stereocenters. The summed E-state index contributed by atoms with van der Waals surface area (Å²) in [4.78, 5) is 9.66. The number of ether oxygens (including phenoxy) is 1. The van der Waals surface area contributed by atoms with E-state index in [1.165, 1.54) is 20.1 Å². The van der Waals surface area contributed by atoms with E-state index in [2.05, 4.69) is 10.6 Å². The summed E-state index contributed by atoms with van der Waals surface area (Å²) in [5.41, 5.74) is -0.352. The minimum atomic E-state index is -3.99. The van der Waals surface area contributed by atoms with Gasteiger partial charge < -0.3 is 4.74 Å². The Morgan fingerprint density at radius 1 is 1.53 bits per heavy atom. The van der Waals surface area contributed by atoms with Crippen LogP contribution in [0.3, 0.4) is 0 Å². The molecule has 0 radical (unpaired) electrons. The van der Waals surface area contributed by atoms with Crippen molar-refractivity contribution in [2.45, 2.75) is 17.9 Å². The Morgan fingerprint density at radius 2 is 2.16 bits per heavy atom. The number of sulfonamides is 1. The number of hydrogen-bond donors (Lipinski definition) is 1. The first-order chi connectivity index (χ1) is 8.81. The van der Waals surface area contributed by atoms with Crippen molar-refractivity contribution < 1.29 is 18.1 Å². The van der Waals surface area contributed by atoms with Gasteiger partial charge in [0.05, 0.1) is 18.1 Å². The predicted molar refractivity (Wildman–Crippen MR) is 68.3 cm³/mol. The predicted octanol–water partition coefficient (Wildman–Crippen LogP) is 0.903. The molecule has 1 unspecified atom stereocenters. The number of nitrogens with one attached hydrogen (secondary N) is 1. The molecule has 7 nitrogen and oxygen atoms in total. The second-order valence-corrected chi connectivity index (χ2v) is 5.28. The first kappa shape index (κ1) is 14.9. The van der Waals surface area contributed by atoms with Crippen molar-refractivity contribution in [2.24, 2.45) is 0 Å². The number of nitrogens with zero attached hydrogens (tertiary/aromatic N) is 1. The smallest absolute Gasteiger partial charge is 0.271 e. The zero-order valence-corrected chi connectivity index (χ0v) is 11.1. The van der Waals surface area contributed by atoms with Gasteiger partial charge in [0.2, 0.25) is 10.0 Å². The molecule has 0 aromatic heterocycles. The fraction of sp³-hybridized carbons (Fsp3) is 0.273. The quantitative estimate of drug-likeness (QED) is 0.492. The Hall–Kier alpha value is -2.11. The summed E-state index contributed by atoms with van der Waals surface area (Å²) in [6.45, 7) is 1.47. The van der Waals surface area contributed by atoms with Crippen LogP contribution in [0.1, 0.15) is 6.92 Å². The van der Waals surface area contributed by atoms with Gasteiger partial charge in [-0.3, -0.25) is 10.1 Å². The molecule has 8 heteroatoms. The molecule has 0 amide bonds. The summed E-state index contributed by atoms with van der Waals surface area (Å²) in [5.74, 6) is 2.20. The highest BCUT2D eigenvalue weighted by molar-refractivity contribution is 7.89. The third kappa shape index (κ3) is 3.43. The minimum Gasteiger partial charge on any atom is -0.495 e. The van der Waals surface area contributed by atoms with E-state index in [1.807, 2.05) is 0 Å². The van der Waals surface area contributed by atoms with E-state index in [4.69, 9.17) is 11.2 Å². The first-order valence-electron chi connectivity index (χ1n) is 5.12. The molecular formula is C11H12N2O5S. The van der Waals surface area contributed by atoms with E-state index in [9.17, 15) is 18.5 Å². The van der Waals surface area contributed by atoms with E-state index < -0.39 is 21.0 Å². The summed E-state index contributed by atoms with van der Waals surface area (Å²) < 4.78 is 31.2. The van der Waals surface area contributed by atoms with E-state index in [0.717, 1.165) is 12.1 Å². The fourth-order valence-corrected chi connectivity index (χ4v) is 2.67. The van der Waals surface area contributed by atoms with Gasteiger partial charge >= 0.3 is 0 Å². The highest BCUT2D eigenvalue weighted by Gasteiger charge is 2.24. The van der Waals surface area contributed by atoms with Gasteiger partial charge in [0.25, 0.3) is 5.69 Å². The zero-order chi connectivity index (χ0) is 14.6. The number of hydrogen-bond acceptors (Lipinski definition) is 5. The Bertz CT molecular complexity index is 633. The van der Waals surface area contributed by atoms with Gasteiger partial charge in [0.1, 0.15) is 10.6 Å². The maximum Gasteiger partial charge on any atom is 0.271 e. The van der Waals surface area contributed by atoms with Crippen LogP contribution >= 0.6 is 0 Å². The molecule has 0 saturated carbocycles. The lowest BCUT2D eigenvalue weighted by Crippen LogP contribution is -2.31. The van der Waals surface area contributed by atoms with Crippen LogP contribution in [0.25, 0.3) is 0 Å². The molecule has 0 aliphatic rings. The summed E-state index contributed by atoms with van der Waals surface area (Å²) in [6.07, 6.45) is 5.09. The Morgan fingerprint density at radius 3 is 2.63 bits per heavy atom. The average molecular weight is 284 g/mol. The molecule has 0 aliphatic carbocycles. The molecule has 0 aliphatic heterocycles. The van der Waals surface area contributed by atoms with Crippen LogP contribution in [0, 0.1) is 22.5 Å². The van der Waals surface area contributed by atoms with E-state index in [-0.39, 0.29) is 16.3 Å². The third-order valence-electron chi connectivity index (χ3n) is 2.23. The maximum atomic E-state index is 12.0. The van der Waals surface area contributed by atoms with E-state index in [1.54, 1.807) is 0 Å². The van der Waals surface area contributed by atoms with Crippen LogP contribution in [-0.4, -0.2) is 26.5 Å². The normalized spacial score (nSPS) is 12.5. The van der Waals surface area contributed by atoms with E-state index in [0.29, 0.717) is 0 Å². The van der Waals surface area contributed by atoms with Crippen molar-refractivity contribution in [3.05, 3.63) is 28.3 Å². The fourth-order valence-electron chi connectivity index (χ4n) is 1.32. The second-order valence-electron chi connectivity index (χ2n) is 3.60.